The summed E-state index contributed by atoms with van der Waals surface area (Å²) in [5.41, 5.74) is 0.415. The van der Waals surface area contributed by atoms with Crippen LogP contribution in [0.5, 0.6) is 0 Å². The van der Waals surface area contributed by atoms with E-state index >= 15 is 0 Å². The third kappa shape index (κ3) is 3.16. The summed E-state index contributed by atoms with van der Waals surface area (Å²) in [6.07, 6.45) is 0. The molecule has 0 bridgehead atoms. The second-order valence-corrected chi connectivity index (χ2v) is 5.32. The number of carboxylic acids is 1. The molecule has 6 heteroatoms. The van der Waals surface area contributed by atoms with E-state index in [9.17, 15) is 9.18 Å². The highest BCUT2D eigenvalue weighted by Gasteiger charge is 2.15. The first-order chi connectivity index (χ1) is 8.99. The first kappa shape index (κ1) is 14.1. The first-order valence-electron chi connectivity index (χ1n) is 5.23. The van der Waals surface area contributed by atoms with Crippen LogP contribution in [-0.2, 0) is 0 Å². The van der Waals surface area contributed by atoms with Gasteiger partial charge in [-0.05, 0) is 52.9 Å². The van der Waals surface area contributed by atoms with Crippen LogP contribution in [0, 0.1) is 9.39 Å². The van der Waals surface area contributed by atoms with E-state index in [4.69, 9.17) is 16.7 Å². The lowest BCUT2D eigenvalue weighted by Gasteiger charge is -2.12. The van der Waals surface area contributed by atoms with Crippen LogP contribution in [0.15, 0.2) is 36.4 Å². The van der Waals surface area contributed by atoms with Crippen LogP contribution >= 0.6 is 34.2 Å². The molecule has 0 aromatic heterocycles. The van der Waals surface area contributed by atoms with Crippen molar-refractivity contribution in [1.82, 2.24) is 0 Å². The minimum atomic E-state index is -1.19. The van der Waals surface area contributed by atoms with Crippen LogP contribution in [0.4, 0.5) is 15.8 Å². The van der Waals surface area contributed by atoms with Gasteiger partial charge in [0.05, 0.1) is 16.9 Å². The fourth-order valence-corrected chi connectivity index (χ4v) is 2.56. The zero-order valence-electron chi connectivity index (χ0n) is 9.45. The van der Waals surface area contributed by atoms with Crippen molar-refractivity contribution >= 4 is 51.5 Å². The minimum absolute atomic E-state index is 0.0600. The van der Waals surface area contributed by atoms with Crippen LogP contribution in [0.1, 0.15) is 10.4 Å². The molecule has 0 radical (unpaired) electrons. The smallest absolute Gasteiger partial charge is 0.337 e. The Balaban J connectivity index is 2.46. The summed E-state index contributed by atoms with van der Waals surface area (Å²) in [5.74, 6) is -1.81. The Kier molecular flexibility index (Phi) is 4.26. The Morgan fingerprint density at radius 3 is 2.68 bits per heavy atom. The lowest BCUT2D eigenvalue weighted by Crippen LogP contribution is -2.05. The predicted molar refractivity (Wildman–Crippen MR) is 80.8 cm³/mol. The van der Waals surface area contributed by atoms with Crippen molar-refractivity contribution in [3.05, 3.63) is 56.4 Å². The number of halogens is 3. The Labute approximate surface area is 127 Å². The summed E-state index contributed by atoms with van der Waals surface area (Å²) in [4.78, 5) is 11.1. The van der Waals surface area contributed by atoms with Crippen molar-refractivity contribution in [2.24, 2.45) is 0 Å². The molecule has 2 aromatic rings. The number of carbonyl (C=O) groups is 1. The summed E-state index contributed by atoms with van der Waals surface area (Å²) >= 11 is 7.87. The molecule has 0 unspecified atom stereocenters. The minimum Gasteiger partial charge on any atom is -0.478 e. The average molecular weight is 392 g/mol. The zero-order chi connectivity index (χ0) is 14.0. The van der Waals surface area contributed by atoms with Crippen molar-refractivity contribution in [2.45, 2.75) is 0 Å². The lowest BCUT2D eigenvalue weighted by atomic mass is 10.1. The number of hydrogen-bond acceptors (Lipinski definition) is 2. The average Bonchev–Trinajstić information content (AvgIpc) is 2.34. The van der Waals surface area contributed by atoms with Gasteiger partial charge in [0.25, 0.3) is 0 Å². The molecule has 3 nitrogen and oxygen atoms in total. The standard InChI is InChI=1S/C13H8ClFINO2/c14-7-4-5-11(10(16)6-7)17-12-8(13(18)19)2-1-3-9(12)15/h1-6,17H,(H,18,19). The topological polar surface area (TPSA) is 49.3 Å². The molecule has 0 aliphatic rings. The molecule has 2 aromatic carbocycles. The molecule has 2 rings (SSSR count). The van der Waals surface area contributed by atoms with Crippen molar-refractivity contribution < 1.29 is 14.3 Å². The number of rotatable bonds is 3. The maximum Gasteiger partial charge on any atom is 0.337 e. The first-order valence-corrected chi connectivity index (χ1v) is 6.68. The number of nitrogens with one attached hydrogen (secondary N) is 1. The normalized spacial score (nSPS) is 10.3. The monoisotopic (exact) mass is 391 g/mol. The lowest BCUT2D eigenvalue weighted by molar-refractivity contribution is 0.0697. The Morgan fingerprint density at radius 2 is 2.05 bits per heavy atom. The van der Waals surface area contributed by atoms with Gasteiger partial charge in [-0.2, -0.15) is 0 Å². The molecule has 0 saturated heterocycles. The molecule has 19 heavy (non-hydrogen) atoms. The second-order valence-electron chi connectivity index (χ2n) is 3.72. The molecular formula is C13H8ClFINO2. The molecule has 0 spiro atoms. The van der Waals surface area contributed by atoms with E-state index in [2.05, 4.69) is 5.32 Å². The SMILES string of the molecule is O=C(O)c1cccc(F)c1Nc1ccc(Cl)cc1I. The summed E-state index contributed by atoms with van der Waals surface area (Å²) < 4.78 is 14.5. The number of para-hydroxylation sites is 1. The van der Waals surface area contributed by atoms with Crippen molar-refractivity contribution in [3.63, 3.8) is 0 Å². The summed E-state index contributed by atoms with van der Waals surface area (Å²) in [6, 6.07) is 8.92. The zero-order valence-corrected chi connectivity index (χ0v) is 12.4. The number of anilines is 2. The van der Waals surface area contributed by atoms with E-state index in [1.165, 1.54) is 18.2 Å². The molecule has 0 fully saturated rings. The van der Waals surface area contributed by atoms with E-state index in [-0.39, 0.29) is 11.3 Å². The molecule has 0 aliphatic carbocycles. The van der Waals surface area contributed by atoms with Gasteiger partial charge in [-0.15, -0.1) is 0 Å². The predicted octanol–water partition coefficient (Wildman–Crippen LogP) is 4.53. The van der Waals surface area contributed by atoms with Crippen molar-refractivity contribution in [1.29, 1.82) is 0 Å². The van der Waals surface area contributed by atoms with Gasteiger partial charge in [0.2, 0.25) is 0 Å². The summed E-state index contributed by atoms with van der Waals surface area (Å²) in [7, 11) is 0. The number of carboxylic acid groups (broad SMARTS) is 1. The number of hydrogen-bond donors (Lipinski definition) is 2. The highest BCUT2D eigenvalue weighted by atomic mass is 127. The van der Waals surface area contributed by atoms with E-state index in [0.29, 0.717) is 10.7 Å². The molecule has 0 saturated carbocycles. The maximum absolute atomic E-state index is 13.8. The molecule has 98 valence electrons. The van der Waals surface area contributed by atoms with E-state index in [0.717, 1.165) is 3.57 Å². The van der Waals surface area contributed by atoms with E-state index < -0.39 is 11.8 Å². The third-order valence-electron chi connectivity index (χ3n) is 2.43. The summed E-state index contributed by atoms with van der Waals surface area (Å²) in [5, 5.41) is 12.4. The van der Waals surface area contributed by atoms with Crippen LogP contribution in [0.2, 0.25) is 5.02 Å². The van der Waals surface area contributed by atoms with Gasteiger partial charge < -0.3 is 10.4 Å². The van der Waals surface area contributed by atoms with Gasteiger partial charge in [-0.3, -0.25) is 0 Å². The molecule has 0 aliphatic heterocycles. The van der Waals surface area contributed by atoms with Crippen molar-refractivity contribution in [3.8, 4) is 0 Å². The van der Waals surface area contributed by atoms with Crippen molar-refractivity contribution in [2.75, 3.05) is 5.32 Å². The quantitative estimate of drug-likeness (QED) is 0.756. The fraction of sp³-hybridized carbons (Fsp3) is 0. The van der Waals surface area contributed by atoms with E-state index in [1.807, 2.05) is 22.6 Å². The fourth-order valence-electron chi connectivity index (χ4n) is 1.55. The molecular weight excluding hydrogens is 384 g/mol. The number of benzene rings is 2. The Hall–Kier alpha value is -1.34. The molecule has 0 atom stereocenters. The molecule has 2 N–H and O–H groups in total. The van der Waals surface area contributed by atoms with Gasteiger partial charge in [0.15, 0.2) is 0 Å². The Bertz CT molecular complexity index is 649. The highest BCUT2D eigenvalue weighted by Crippen LogP contribution is 2.29. The van der Waals surface area contributed by atoms with Crippen LogP contribution in [0.25, 0.3) is 0 Å². The third-order valence-corrected chi connectivity index (χ3v) is 3.56. The molecule has 0 amide bonds. The van der Waals surface area contributed by atoms with Crippen LogP contribution < -0.4 is 5.32 Å². The van der Waals surface area contributed by atoms with Gasteiger partial charge in [0, 0.05) is 8.59 Å². The van der Waals surface area contributed by atoms with Crippen LogP contribution in [0.3, 0.4) is 0 Å². The second kappa shape index (κ2) is 5.75. The summed E-state index contributed by atoms with van der Waals surface area (Å²) in [6.45, 7) is 0. The van der Waals surface area contributed by atoms with Gasteiger partial charge in [-0.25, -0.2) is 9.18 Å². The van der Waals surface area contributed by atoms with Gasteiger partial charge >= 0.3 is 5.97 Å². The van der Waals surface area contributed by atoms with Crippen LogP contribution in [-0.4, -0.2) is 11.1 Å². The van der Waals surface area contributed by atoms with Gasteiger partial charge in [-0.1, -0.05) is 17.7 Å². The Morgan fingerprint density at radius 1 is 1.32 bits per heavy atom. The largest absolute Gasteiger partial charge is 0.478 e. The molecule has 0 heterocycles. The number of aromatic carboxylic acids is 1. The van der Waals surface area contributed by atoms with Gasteiger partial charge in [0.1, 0.15) is 5.82 Å². The maximum atomic E-state index is 13.8. The van der Waals surface area contributed by atoms with E-state index in [1.54, 1.807) is 18.2 Å². The highest BCUT2D eigenvalue weighted by molar-refractivity contribution is 14.1.